The molecular formula is C14H14BrNO2S. The van der Waals surface area contributed by atoms with E-state index in [-0.39, 0.29) is 12.5 Å². The highest BCUT2D eigenvalue weighted by Gasteiger charge is 2.14. The van der Waals surface area contributed by atoms with Crippen molar-refractivity contribution in [2.45, 2.75) is 13.0 Å². The first kappa shape index (κ1) is 14.2. The molecule has 0 fully saturated rings. The van der Waals surface area contributed by atoms with Gasteiger partial charge in [0.15, 0.2) is 0 Å². The summed E-state index contributed by atoms with van der Waals surface area (Å²) in [6, 6.07) is 9.17. The number of carbonyl (C=O) groups is 1. The second-order valence-corrected chi connectivity index (χ2v) is 5.98. The van der Waals surface area contributed by atoms with Crippen LogP contribution in [0.5, 0.6) is 0 Å². The third-order valence-electron chi connectivity index (χ3n) is 2.78. The van der Waals surface area contributed by atoms with Crippen LogP contribution >= 0.6 is 27.3 Å². The SMILES string of the molecule is Cc1ccsc1[C@@H](O)CNC(=O)c1ccccc1Br. The van der Waals surface area contributed by atoms with Crippen LogP contribution in [0.1, 0.15) is 26.9 Å². The fourth-order valence-corrected chi connectivity index (χ4v) is 3.13. The number of hydrogen-bond donors (Lipinski definition) is 2. The first-order valence-electron chi connectivity index (χ1n) is 5.84. The monoisotopic (exact) mass is 339 g/mol. The summed E-state index contributed by atoms with van der Waals surface area (Å²) >= 11 is 4.83. The van der Waals surface area contributed by atoms with Crippen LogP contribution in [0.4, 0.5) is 0 Å². The fraction of sp³-hybridized carbons (Fsp3) is 0.214. The maximum absolute atomic E-state index is 12.0. The molecule has 0 radical (unpaired) electrons. The van der Waals surface area contributed by atoms with Gasteiger partial charge in [0.2, 0.25) is 0 Å². The van der Waals surface area contributed by atoms with Crippen molar-refractivity contribution < 1.29 is 9.90 Å². The van der Waals surface area contributed by atoms with Crippen LogP contribution < -0.4 is 5.32 Å². The number of hydrogen-bond acceptors (Lipinski definition) is 3. The Balaban J connectivity index is 1.98. The molecule has 0 aliphatic heterocycles. The maximum Gasteiger partial charge on any atom is 0.252 e. The molecule has 0 unspecified atom stereocenters. The maximum atomic E-state index is 12.0. The van der Waals surface area contributed by atoms with Gasteiger partial charge in [-0.1, -0.05) is 12.1 Å². The van der Waals surface area contributed by atoms with E-state index in [1.165, 1.54) is 11.3 Å². The first-order chi connectivity index (χ1) is 9.09. The Morgan fingerprint density at radius 1 is 1.42 bits per heavy atom. The molecule has 1 heterocycles. The molecule has 1 aromatic carbocycles. The van der Waals surface area contributed by atoms with Gasteiger partial charge in [0.05, 0.1) is 5.56 Å². The molecule has 1 aromatic heterocycles. The van der Waals surface area contributed by atoms with E-state index in [0.717, 1.165) is 14.9 Å². The zero-order valence-electron chi connectivity index (χ0n) is 10.4. The van der Waals surface area contributed by atoms with Crippen molar-refractivity contribution in [2.24, 2.45) is 0 Å². The van der Waals surface area contributed by atoms with E-state index in [9.17, 15) is 9.90 Å². The highest BCUT2D eigenvalue weighted by molar-refractivity contribution is 9.10. The average Bonchev–Trinajstić information content (AvgIpc) is 2.82. The molecule has 19 heavy (non-hydrogen) atoms. The Morgan fingerprint density at radius 2 is 2.16 bits per heavy atom. The van der Waals surface area contributed by atoms with Gasteiger partial charge in [-0.15, -0.1) is 11.3 Å². The fourth-order valence-electron chi connectivity index (χ4n) is 1.75. The summed E-state index contributed by atoms with van der Waals surface area (Å²) < 4.78 is 0.745. The molecule has 3 nitrogen and oxygen atoms in total. The van der Waals surface area contributed by atoms with Crippen LogP contribution in [0.25, 0.3) is 0 Å². The van der Waals surface area contributed by atoms with Gasteiger partial charge in [0.1, 0.15) is 6.10 Å². The Kier molecular flexibility index (Phi) is 4.74. The smallest absolute Gasteiger partial charge is 0.252 e. The minimum absolute atomic E-state index is 0.194. The average molecular weight is 340 g/mol. The molecule has 0 aliphatic carbocycles. The van der Waals surface area contributed by atoms with Crippen molar-refractivity contribution in [3.05, 3.63) is 56.2 Å². The zero-order chi connectivity index (χ0) is 13.8. The summed E-state index contributed by atoms with van der Waals surface area (Å²) in [5, 5.41) is 14.7. The van der Waals surface area contributed by atoms with Gasteiger partial charge in [0, 0.05) is 15.9 Å². The number of thiophene rings is 1. The predicted molar refractivity (Wildman–Crippen MR) is 80.5 cm³/mol. The van der Waals surface area contributed by atoms with Crippen molar-refractivity contribution in [1.82, 2.24) is 5.32 Å². The normalized spacial score (nSPS) is 12.2. The lowest BCUT2D eigenvalue weighted by Gasteiger charge is -2.12. The predicted octanol–water partition coefficient (Wildman–Crippen LogP) is 3.28. The molecule has 1 amide bonds. The molecule has 0 aliphatic rings. The Hall–Kier alpha value is -1.17. The van der Waals surface area contributed by atoms with E-state index in [4.69, 9.17) is 0 Å². The number of benzene rings is 1. The van der Waals surface area contributed by atoms with E-state index < -0.39 is 6.10 Å². The number of nitrogens with one attached hydrogen (secondary N) is 1. The van der Waals surface area contributed by atoms with E-state index in [2.05, 4.69) is 21.2 Å². The lowest BCUT2D eigenvalue weighted by molar-refractivity contribution is 0.0917. The highest BCUT2D eigenvalue weighted by atomic mass is 79.9. The lowest BCUT2D eigenvalue weighted by atomic mass is 10.2. The molecule has 2 N–H and O–H groups in total. The number of carbonyl (C=O) groups excluding carboxylic acids is 1. The van der Waals surface area contributed by atoms with Crippen LogP contribution in [-0.4, -0.2) is 17.6 Å². The van der Waals surface area contributed by atoms with Crippen molar-refractivity contribution in [2.75, 3.05) is 6.54 Å². The largest absolute Gasteiger partial charge is 0.386 e. The van der Waals surface area contributed by atoms with Gasteiger partial charge in [-0.3, -0.25) is 4.79 Å². The summed E-state index contributed by atoms with van der Waals surface area (Å²) in [6.07, 6.45) is -0.661. The molecule has 0 saturated carbocycles. The molecule has 0 spiro atoms. The summed E-state index contributed by atoms with van der Waals surface area (Å²) in [5.41, 5.74) is 1.62. The minimum Gasteiger partial charge on any atom is -0.386 e. The van der Waals surface area contributed by atoms with Crippen LogP contribution in [0, 0.1) is 6.92 Å². The Morgan fingerprint density at radius 3 is 2.79 bits per heavy atom. The Bertz CT molecular complexity index is 582. The van der Waals surface area contributed by atoms with Crippen LogP contribution in [-0.2, 0) is 0 Å². The van der Waals surface area contributed by atoms with E-state index in [0.29, 0.717) is 5.56 Å². The van der Waals surface area contributed by atoms with Gasteiger partial charge in [-0.25, -0.2) is 0 Å². The van der Waals surface area contributed by atoms with Crippen LogP contribution in [0.3, 0.4) is 0 Å². The molecule has 2 aromatic rings. The lowest BCUT2D eigenvalue weighted by Crippen LogP contribution is -2.28. The quantitative estimate of drug-likeness (QED) is 0.897. The van der Waals surface area contributed by atoms with Crippen molar-refractivity contribution in [3.63, 3.8) is 0 Å². The van der Waals surface area contributed by atoms with Gasteiger partial charge < -0.3 is 10.4 Å². The number of aliphatic hydroxyl groups is 1. The van der Waals surface area contributed by atoms with Gasteiger partial charge in [-0.05, 0) is 52.0 Å². The van der Waals surface area contributed by atoms with Crippen LogP contribution in [0.15, 0.2) is 40.2 Å². The van der Waals surface area contributed by atoms with Gasteiger partial charge in [0.25, 0.3) is 5.91 Å². The highest BCUT2D eigenvalue weighted by Crippen LogP contribution is 2.23. The molecule has 2 rings (SSSR count). The van der Waals surface area contributed by atoms with Crippen LogP contribution in [0.2, 0.25) is 0 Å². The summed E-state index contributed by atoms with van der Waals surface area (Å²) in [4.78, 5) is 12.9. The van der Waals surface area contributed by atoms with Gasteiger partial charge in [-0.2, -0.15) is 0 Å². The second kappa shape index (κ2) is 6.32. The van der Waals surface area contributed by atoms with Gasteiger partial charge >= 0.3 is 0 Å². The molecule has 5 heteroatoms. The third-order valence-corrected chi connectivity index (χ3v) is 4.59. The standard InChI is InChI=1S/C14H14BrNO2S/c1-9-6-7-19-13(9)12(17)8-16-14(18)10-4-2-3-5-11(10)15/h2-7,12,17H,8H2,1H3,(H,16,18)/t12-/m0/s1. The van der Waals surface area contributed by atoms with E-state index in [1.54, 1.807) is 12.1 Å². The van der Waals surface area contributed by atoms with E-state index >= 15 is 0 Å². The number of aryl methyl sites for hydroxylation is 1. The van der Waals surface area contributed by atoms with Crippen molar-refractivity contribution in [3.8, 4) is 0 Å². The van der Waals surface area contributed by atoms with Crippen molar-refractivity contribution >= 4 is 33.2 Å². The summed E-state index contributed by atoms with van der Waals surface area (Å²) in [7, 11) is 0. The second-order valence-electron chi connectivity index (χ2n) is 4.17. The topological polar surface area (TPSA) is 49.3 Å². The van der Waals surface area contributed by atoms with Crippen molar-refractivity contribution in [1.29, 1.82) is 0 Å². The number of rotatable bonds is 4. The summed E-state index contributed by atoms with van der Waals surface area (Å²) in [6.45, 7) is 2.16. The number of aliphatic hydroxyl groups excluding tert-OH is 1. The third kappa shape index (κ3) is 3.43. The zero-order valence-corrected chi connectivity index (χ0v) is 12.8. The molecule has 100 valence electrons. The summed E-state index contributed by atoms with van der Waals surface area (Å²) in [5.74, 6) is -0.194. The number of amides is 1. The van der Waals surface area contributed by atoms with E-state index in [1.807, 2.05) is 30.5 Å². The molecule has 0 bridgehead atoms. The molecule has 1 atom stereocenters. The minimum atomic E-state index is -0.661. The molecular weight excluding hydrogens is 326 g/mol. The first-order valence-corrected chi connectivity index (χ1v) is 7.51. The number of halogens is 1. The molecule has 0 saturated heterocycles. The Labute approximate surface area is 124 Å².